The van der Waals surface area contributed by atoms with Crippen LogP contribution in [-0.4, -0.2) is 29.7 Å². The minimum atomic E-state index is -0.0342. The van der Waals surface area contributed by atoms with Gasteiger partial charge < -0.3 is 4.90 Å². The molecule has 1 atom stereocenters. The quantitative estimate of drug-likeness (QED) is 0.609. The minimum Gasteiger partial charge on any atom is -0.330 e. The molecular weight excluding hydrogens is 166 g/mol. The maximum Gasteiger partial charge on any atom is 0.312 e. The second kappa shape index (κ2) is 3.48. The molecule has 3 heteroatoms. The minimum absolute atomic E-state index is 0.0197. The Bertz CT molecular complexity index is 217. The van der Waals surface area contributed by atoms with E-state index in [9.17, 15) is 9.59 Å². The molecule has 0 spiro atoms. The van der Waals surface area contributed by atoms with Gasteiger partial charge in [-0.1, -0.05) is 20.8 Å². The number of carbonyl (C=O) groups excluding carboxylic acids is 2. The zero-order valence-corrected chi connectivity index (χ0v) is 8.46. The zero-order chi connectivity index (χ0) is 10.1. The highest BCUT2D eigenvalue weighted by Gasteiger charge is 2.35. The Labute approximate surface area is 79.1 Å². The number of hydrogen-bond acceptors (Lipinski definition) is 2. The van der Waals surface area contributed by atoms with Crippen molar-refractivity contribution in [2.75, 3.05) is 6.54 Å². The van der Waals surface area contributed by atoms with E-state index < -0.39 is 0 Å². The number of piperidine rings is 1. The lowest BCUT2D eigenvalue weighted by Crippen LogP contribution is -2.48. The van der Waals surface area contributed by atoms with Gasteiger partial charge in [-0.2, -0.15) is 0 Å². The second-order valence-electron chi connectivity index (χ2n) is 4.66. The molecule has 1 radical (unpaired) electrons. The monoisotopic (exact) mass is 182 g/mol. The Morgan fingerprint density at radius 1 is 1.46 bits per heavy atom. The zero-order valence-electron chi connectivity index (χ0n) is 8.46. The SMILES string of the molecule is CC(C)(C)C1CC(=O)CCN1[C]=O. The molecule has 1 unspecified atom stereocenters. The summed E-state index contributed by atoms with van der Waals surface area (Å²) in [5.74, 6) is 0.256. The molecule has 1 aliphatic rings. The van der Waals surface area contributed by atoms with Crippen molar-refractivity contribution in [3.8, 4) is 0 Å². The van der Waals surface area contributed by atoms with E-state index in [-0.39, 0.29) is 17.2 Å². The van der Waals surface area contributed by atoms with Crippen LogP contribution in [0.3, 0.4) is 0 Å². The van der Waals surface area contributed by atoms with Crippen LogP contribution in [0.4, 0.5) is 0 Å². The molecule has 1 heterocycles. The number of carbonyl (C=O) groups is 1. The van der Waals surface area contributed by atoms with Crippen LogP contribution in [0, 0.1) is 5.41 Å². The molecule has 1 aliphatic heterocycles. The number of Topliss-reactive ketones (excluding diaryl/α,β-unsaturated/α-hetero) is 1. The van der Waals surface area contributed by atoms with Gasteiger partial charge in [-0.05, 0) is 5.41 Å². The average Bonchev–Trinajstić information content (AvgIpc) is 2.03. The maximum absolute atomic E-state index is 11.2. The van der Waals surface area contributed by atoms with Gasteiger partial charge in [0.05, 0.1) is 0 Å². The molecule has 1 amide bonds. The fourth-order valence-corrected chi connectivity index (χ4v) is 1.71. The molecule has 1 rings (SSSR count). The molecule has 0 saturated carbocycles. The van der Waals surface area contributed by atoms with Crippen molar-refractivity contribution in [2.24, 2.45) is 5.41 Å². The van der Waals surface area contributed by atoms with Gasteiger partial charge in [-0.25, -0.2) is 0 Å². The van der Waals surface area contributed by atoms with Crippen molar-refractivity contribution < 1.29 is 9.59 Å². The normalized spacial score (nSPS) is 24.7. The number of likely N-dealkylation sites (tertiary alicyclic amines) is 1. The lowest BCUT2D eigenvalue weighted by Gasteiger charge is -2.40. The maximum atomic E-state index is 11.2. The summed E-state index contributed by atoms with van der Waals surface area (Å²) in [6.45, 7) is 6.66. The van der Waals surface area contributed by atoms with E-state index >= 15 is 0 Å². The number of hydrogen-bond donors (Lipinski definition) is 0. The number of nitrogens with zero attached hydrogens (tertiary/aromatic N) is 1. The highest BCUT2D eigenvalue weighted by Crippen LogP contribution is 2.29. The summed E-state index contributed by atoms with van der Waals surface area (Å²) < 4.78 is 0. The van der Waals surface area contributed by atoms with Gasteiger partial charge in [0.1, 0.15) is 5.78 Å². The number of rotatable bonds is 1. The van der Waals surface area contributed by atoms with E-state index in [1.54, 1.807) is 4.90 Å². The van der Waals surface area contributed by atoms with Crippen molar-refractivity contribution in [1.29, 1.82) is 0 Å². The summed E-state index contributed by atoms with van der Waals surface area (Å²) in [7, 11) is 0. The van der Waals surface area contributed by atoms with Crippen LogP contribution in [0.2, 0.25) is 0 Å². The Balaban J connectivity index is 2.76. The lowest BCUT2D eigenvalue weighted by molar-refractivity contribution is -0.123. The first-order valence-corrected chi connectivity index (χ1v) is 4.61. The average molecular weight is 182 g/mol. The molecule has 0 aromatic heterocycles. The van der Waals surface area contributed by atoms with Gasteiger partial charge in [-0.3, -0.25) is 9.59 Å². The van der Waals surface area contributed by atoms with Crippen LogP contribution in [0.15, 0.2) is 0 Å². The number of amides is 1. The van der Waals surface area contributed by atoms with E-state index in [1.165, 1.54) is 0 Å². The van der Waals surface area contributed by atoms with Crippen LogP contribution in [0.1, 0.15) is 33.6 Å². The Morgan fingerprint density at radius 2 is 2.08 bits per heavy atom. The molecule has 73 valence electrons. The first-order chi connectivity index (χ1) is 5.95. The van der Waals surface area contributed by atoms with Crippen LogP contribution >= 0.6 is 0 Å². The van der Waals surface area contributed by atoms with E-state index in [0.29, 0.717) is 19.4 Å². The predicted octanol–water partition coefficient (Wildman–Crippen LogP) is 1.13. The summed E-state index contributed by atoms with van der Waals surface area (Å²) in [6, 6.07) is 0.0197. The van der Waals surface area contributed by atoms with Crippen LogP contribution in [0.25, 0.3) is 0 Å². The van der Waals surface area contributed by atoms with Crippen molar-refractivity contribution in [1.82, 2.24) is 4.90 Å². The largest absolute Gasteiger partial charge is 0.330 e. The molecule has 1 fully saturated rings. The molecule has 1 saturated heterocycles. The standard InChI is InChI=1S/C10H16NO2/c1-10(2,3)9-6-8(13)4-5-11(9)7-12/h9H,4-6H2,1-3H3. The van der Waals surface area contributed by atoms with Gasteiger partial charge in [0, 0.05) is 25.4 Å². The molecule has 0 aromatic rings. The summed E-state index contributed by atoms with van der Waals surface area (Å²) >= 11 is 0. The topological polar surface area (TPSA) is 37.4 Å². The fraction of sp³-hybridized carbons (Fsp3) is 0.800. The van der Waals surface area contributed by atoms with Crippen LogP contribution in [0.5, 0.6) is 0 Å². The highest BCUT2D eigenvalue weighted by atomic mass is 16.1. The van der Waals surface area contributed by atoms with E-state index in [4.69, 9.17) is 0 Å². The van der Waals surface area contributed by atoms with Gasteiger partial charge in [0.15, 0.2) is 0 Å². The number of ketones is 1. The third-order valence-corrected chi connectivity index (χ3v) is 2.55. The van der Waals surface area contributed by atoms with E-state index in [2.05, 4.69) is 0 Å². The Hall–Kier alpha value is -0.860. The molecule has 3 nitrogen and oxygen atoms in total. The smallest absolute Gasteiger partial charge is 0.312 e. The van der Waals surface area contributed by atoms with E-state index in [0.717, 1.165) is 0 Å². The van der Waals surface area contributed by atoms with Crippen LogP contribution < -0.4 is 0 Å². The summed E-state index contributed by atoms with van der Waals surface area (Å²) in [6.07, 6.45) is 2.88. The molecular formula is C10H16NO2. The molecule has 0 N–H and O–H groups in total. The Morgan fingerprint density at radius 3 is 2.54 bits per heavy atom. The highest BCUT2D eigenvalue weighted by molar-refractivity contribution is 5.81. The van der Waals surface area contributed by atoms with Crippen molar-refractivity contribution in [3.63, 3.8) is 0 Å². The first-order valence-electron chi connectivity index (χ1n) is 4.61. The van der Waals surface area contributed by atoms with Crippen molar-refractivity contribution in [2.45, 2.75) is 39.7 Å². The molecule has 0 bridgehead atoms. The summed E-state index contributed by atoms with van der Waals surface area (Å²) in [5, 5.41) is 0. The molecule has 0 aromatic carbocycles. The van der Waals surface area contributed by atoms with Crippen molar-refractivity contribution in [3.05, 3.63) is 0 Å². The third-order valence-electron chi connectivity index (χ3n) is 2.55. The van der Waals surface area contributed by atoms with Gasteiger partial charge in [0.2, 0.25) is 0 Å². The third kappa shape index (κ3) is 2.29. The predicted molar refractivity (Wildman–Crippen MR) is 49.9 cm³/mol. The van der Waals surface area contributed by atoms with Crippen LogP contribution in [-0.2, 0) is 9.59 Å². The van der Waals surface area contributed by atoms with Crippen molar-refractivity contribution >= 4 is 12.2 Å². The molecule has 13 heavy (non-hydrogen) atoms. The van der Waals surface area contributed by atoms with Gasteiger partial charge >= 0.3 is 6.41 Å². The lowest BCUT2D eigenvalue weighted by atomic mass is 9.80. The summed E-state index contributed by atoms with van der Waals surface area (Å²) in [4.78, 5) is 23.5. The van der Waals surface area contributed by atoms with E-state index in [1.807, 2.05) is 27.2 Å². The summed E-state index contributed by atoms with van der Waals surface area (Å²) in [5.41, 5.74) is -0.0342. The molecule has 0 aliphatic carbocycles. The fourth-order valence-electron chi connectivity index (χ4n) is 1.71. The first kappa shape index (κ1) is 10.2. The van der Waals surface area contributed by atoms with Gasteiger partial charge in [0.25, 0.3) is 0 Å². The Kier molecular flexibility index (Phi) is 2.74. The second-order valence-corrected chi connectivity index (χ2v) is 4.66. The van der Waals surface area contributed by atoms with Gasteiger partial charge in [-0.15, -0.1) is 0 Å².